The van der Waals surface area contributed by atoms with Crippen molar-refractivity contribution in [2.75, 3.05) is 24.9 Å². The SMILES string of the molecule is CN1CCC(Oc2cc(NS(=O)(=O)c3ccc(Sc4cccc(C(F)(F)F)c4)cc3Cl)ccc2Cl)C1. The maximum absolute atomic E-state index is 13.0. The summed E-state index contributed by atoms with van der Waals surface area (Å²) in [7, 11) is -2.08. The van der Waals surface area contributed by atoms with Gasteiger partial charge in [0.1, 0.15) is 16.7 Å². The van der Waals surface area contributed by atoms with Crippen molar-refractivity contribution in [3.63, 3.8) is 0 Å². The summed E-state index contributed by atoms with van der Waals surface area (Å²) in [6.45, 7) is 1.64. The van der Waals surface area contributed by atoms with Crippen LogP contribution in [0.2, 0.25) is 10.0 Å². The number of alkyl halides is 3. The molecule has 1 aliphatic rings. The highest BCUT2D eigenvalue weighted by Gasteiger charge is 2.30. The van der Waals surface area contributed by atoms with Gasteiger partial charge in [-0.2, -0.15) is 13.2 Å². The van der Waals surface area contributed by atoms with Crippen LogP contribution >= 0.6 is 35.0 Å². The van der Waals surface area contributed by atoms with Gasteiger partial charge in [-0.05, 0) is 62.0 Å². The second kappa shape index (κ2) is 10.7. The van der Waals surface area contributed by atoms with Crippen LogP contribution in [0.3, 0.4) is 0 Å². The van der Waals surface area contributed by atoms with E-state index >= 15 is 0 Å². The molecule has 4 rings (SSSR count). The van der Waals surface area contributed by atoms with Crippen molar-refractivity contribution in [1.29, 1.82) is 0 Å². The molecule has 5 nitrogen and oxygen atoms in total. The lowest BCUT2D eigenvalue weighted by molar-refractivity contribution is -0.137. The highest BCUT2D eigenvalue weighted by molar-refractivity contribution is 7.99. The third-order valence-corrected chi connectivity index (χ3v) is 8.57. The Balaban J connectivity index is 1.50. The number of sulfonamides is 1. The van der Waals surface area contributed by atoms with E-state index in [2.05, 4.69) is 9.62 Å². The van der Waals surface area contributed by atoms with Crippen LogP contribution in [0.25, 0.3) is 0 Å². The first kappa shape index (κ1) is 26.9. The minimum Gasteiger partial charge on any atom is -0.487 e. The number of hydrogen-bond acceptors (Lipinski definition) is 5. The standard InChI is InChI=1S/C24H21Cl2F3N2O3S2/c1-31-10-9-17(14-31)34-22-12-16(5-7-20(22)25)30-36(32,33)23-8-6-19(13-21(23)26)35-18-4-2-3-15(11-18)24(27,28)29/h2-8,11-13,17,30H,9-10,14H2,1H3. The third-order valence-electron chi connectivity index (χ3n) is 5.42. The molecule has 36 heavy (non-hydrogen) atoms. The molecule has 0 aromatic heterocycles. The van der Waals surface area contributed by atoms with Gasteiger partial charge in [0.25, 0.3) is 10.0 Å². The Morgan fingerprint density at radius 2 is 1.78 bits per heavy atom. The molecule has 1 saturated heterocycles. The van der Waals surface area contributed by atoms with E-state index in [0.717, 1.165) is 43.4 Å². The Hall–Kier alpha value is -2.11. The predicted molar refractivity (Wildman–Crippen MR) is 136 cm³/mol. The summed E-state index contributed by atoms with van der Waals surface area (Å²) in [6, 6.07) is 13.6. The Kier molecular flexibility index (Phi) is 8.01. The van der Waals surface area contributed by atoms with Crippen molar-refractivity contribution < 1.29 is 26.3 Å². The molecule has 1 aliphatic heterocycles. The van der Waals surface area contributed by atoms with Crippen LogP contribution < -0.4 is 9.46 Å². The summed E-state index contributed by atoms with van der Waals surface area (Å²) in [5, 5.41) is 0.292. The van der Waals surface area contributed by atoms with Gasteiger partial charge in [0.2, 0.25) is 0 Å². The largest absolute Gasteiger partial charge is 0.487 e. The Labute approximate surface area is 221 Å². The van der Waals surface area contributed by atoms with Crippen molar-refractivity contribution in [1.82, 2.24) is 4.90 Å². The number of anilines is 1. The van der Waals surface area contributed by atoms with E-state index in [1.807, 2.05) is 7.05 Å². The molecule has 0 amide bonds. The predicted octanol–water partition coefficient (Wildman–Crippen LogP) is 7.05. The van der Waals surface area contributed by atoms with E-state index in [1.165, 1.54) is 42.5 Å². The van der Waals surface area contributed by atoms with Gasteiger partial charge in [0.15, 0.2) is 0 Å². The summed E-state index contributed by atoms with van der Waals surface area (Å²) in [5.41, 5.74) is -0.521. The maximum atomic E-state index is 13.0. The first-order valence-electron chi connectivity index (χ1n) is 10.7. The number of nitrogens with zero attached hydrogens (tertiary/aromatic N) is 1. The number of rotatable bonds is 7. The van der Waals surface area contributed by atoms with Gasteiger partial charge in [0.05, 0.1) is 21.3 Å². The molecule has 1 N–H and O–H groups in total. The van der Waals surface area contributed by atoms with Crippen molar-refractivity contribution in [3.8, 4) is 5.75 Å². The summed E-state index contributed by atoms with van der Waals surface area (Å²) >= 11 is 13.6. The number of benzene rings is 3. The Morgan fingerprint density at radius 1 is 1.03 bits per heavy atom. The lowest BCUT2D eigenvalue weighted by Crippen LogP contribution is -2.21. The molecule has 192 valence electrons. The summed E-state index contributed by atoms with van der Waals surface area (Å²) in [4.78, 5) is 2.79. The van der Waals surface area contributed by atoms with E-state index in [1.54, 1.807) is 6.07 Å². The molecule has 1 heterocycles. The monoisotopic (exact) mass is 576 g/mol. The number of likely N-dealkylation sites (tertiary alicyclic amines) is 1. The van der Waals surface area contributed by atoms with E-state index < -0.39 is 21.8 Å². The van der Waals surface area contributed by atoms with Gasteiger partial charge in [0, 0.05) is 28.9 Å². The van der Waals surface area contributed by atoms with E-state index in [9.17, 15) is 21.6 Å². The number of halogens is 5. The minimum absolute atomic E-state index is 0.0457. The Bertz CT molecular complexity index is 1370. The Morgan fingerprint density at radius 3 is 2.44 bits per heavy atom. The fourth-order valence-corrected chi connectivity index (χ4v) is 6.41. The summed E-state index contributed by atoms with van der Waals surface area (Å²) in [5.74, 6) is 0.371. The second-order valence-electron chi connectivity index (χ2n) is 8.26. The fraction of sp³-hybridized carbons (Fsp3) is 0.250. The van der Waals surface area contributed by atoms with Crippen LogP contribution in [0.4, 0.5) is 18.9 Å². The van der Waals surface area contributed by atoms with Gasteiger partial charge in [-0.15, -0.1) is 0 Å². The molecule has 0 radical (unpaired) electrons. The van der Waals surface area contributed by atoms with Crippen LogP contribution in [0.5, 0.6) is 5.75 Å². The molecule has 3 aromatic rings. The molecular formula is C24H21Cl2F3N2O3S2. The molecule has 0 aliphatic carbocycles. The van der Waals surface area contributed by atoms with Crippen LogP contribution in [0, 0.1) is 0 Å². The van der Waals surface area contributed by atoms with Crippen LogP contribution in [0.15, 0.2) is 75.4 Å². The lowest BCUT2D eigenvalue weighted by atomic mass is 10.2. The van der Waals surface area contributed by atoms with Crippen molar-refractivity contribution >= 4 is 50.7 Å². The van der Waals surface area contributed by atoms with Gasteiger partial charge < -0.3 is 9.64 Å². The minimum atomic E-state index is -4.46. The molecule has 1 atom stereocenters. The maximum Gasteiger partial charge on any atom is 0.416 e. The molecule has 0 spiro atoms. The van der Waals surface area contributed by atoms with Crippen LogP contribution in [-0.2, 0) is 16.2 Å². The van der Waals surface area contributed by atoms with E-state index in [4.69, 9.17) is 27.9 Å². The normalized spacial score (nSPS) is 16.8. The number of ether oxygens (including phenoxy) is 1. The van der Waals surface area contributed by atoms with Crippen molar-refractivity contribution in [2.24, 2.45) is 0 Å². The molecule has 12 heteroatoms. The van der Waals surface area contributed by atoms with Crippen molar-refractivity contribution in [2.45, 2.75) is 33.4 Å². The van der Waals surface area contributed by atoms with Gasteiger partial charge in [-0.25, -0.2) is 8.42 Å². The first-order chi connectivity index (χ1) is 16.9. The quantitative estimate of drug-likeness (QED) is 0.326. The molecule has 0 saturated carbocycles. The van der Waals surface area contributed by atoms with Gasteiger partial charge in [-0.1, -0.05) is 41.0 Å². The zero-order valence-corrected chi connectivity index (χ0v) is 22.0. The van der Waals surface area contributed by atoms with E-state index in [-0.39, 0.29) is 21.7 Å². The zero-order valence-electron chi connectivity index (χ0n) is 18.9. The third kappa shape index (κ3) is 6.60. The van der Waals surface area contributed by atoms with Crippen LogP contribution in [0.1, 0.15) is 12.0 Å². The smallest absolute Gasteiger partial charge is 0.416 e. The number of nitrogens with one attached hydrogen (secondary N) is 1. The fourth-order valence-electron chi connectivity index (χ4n) is 3.67. The average molecular weight is 577 g/mol. The summed E-state index contributed by atoms with van der Waals surface area (Å²) < 4.78 is 73.4. The lowest BCUT2D eigenvalue weighted by Gasteiger charge is -2.16. The molecular weight excluding hydrogens is 556 g/mol. The van der Waals surface area contributed by atoms with Gasteiger partial charge in [-0.3, -0.25) is 4.72 Å². The number of hydrogen-bond donors (Lipinski definition) is 1. The highest BCUT2D eigenvalue weighted by Crippen LogP contribution is 2.37. The molecule has 1 fully saturated rings. The molecule has 3 aromatic carbocycles. The first-order valence-corrected chi connectivity index (χ1v) is 13.8. The average Bonchev–Trinajstić information content (AvgIpc) is 3.20. The zero-order chi connectivity index (χ0) is 26.1. The van der Waals surface area contributed by atoms with E-state index in [0.29, 0.717) is 20.6 Å². The highest BCUT2D eigenvalue weighted by atomic mass is 35.5. The molecule has 0 bridgehead atoms. The molecule has 1 unspecified atom stereocenters. The van der Waals surface area contributed by atoms with Gasteiger partial charge >= 0.3 is 6.18 Å². The topological polar surface area (TPSA) is 58.6 Å². The van der Waals surface area contributed by atoms with Crippen molar-refractivity contribution in [3.05, 3.63) is 76.3 Å². The second-order valence-corrected chi connectivity index (χ2v) is 11.9. The number of likely N-dealkylation sites (N-methyl/N-ethyl adjacent to an activating group) is 1. The van der Waals surface area contributed by atoms with Crippen LogP contribution in [-0.4, -0.2) is 39.6 Å². The summed E-state index contributed by atoms with van der Waals surface area (Å²) in [6.07, 6.45) is -3.67.